The van der Waals surface area contributed by atoms with E-state index >= 15 is 0 Å². The van der Waals surface area contributed by atoms with E-state index in [1.807, 2.05) is 36.4 Å². The topological polar surface area (TPSA) is 70.6 Å². The molecule has 1 aliphatic heterocycles. The Kier molecular flexibility index (Phi) is 7.63. The Morgan fingerprint density at radius 1 is 1.06 bits per heavy atom. The van der Waals surface area contributed by atoms with E-state index < -0.39 is 5.25 Å². The van der Waals surface area contributed by atoms with Crippen LogP contribution < -0.4 is 10.6 Å². The molecule has 2 aromatic carbocycles. The summed E-state index contributed by atoms with van der Waals surface area (Å²) in [5.41, 5.74) is 4.22. The first-order valence-electron chi connectivity index (χ1n) is 11.7. The van der Waals surface area contributed by atoms with E-state index in [1.54, 1.807) is 0 Å². The van der Waals surface area contributed by atoms with Crippen LogP contribution >= 0.6 is 11.8 Å². The molecule has 5 nitrogen and oxygen atoms in total. The van der Waals surface area contributed by atoms with Crippen molar-refractivity contribution in [2.24, 2.45) is 4.99 Å². The van der Waals surface area contributed by atoms with Gasteiger partial charge < -0.3 is 10.6 Å². The molecule has 2 amide bonds. The second-order valence-corrected chi connectivity index (χ2v) is 9.83. The van der Waals surface area contributed by atoms with E-state index in [4.69, 9.17) is 0 Å². The highest BCUT2D eigenvalue weighted by Gasteiger charge is 2.32. The lowest BCUT2D eigenvalue weighted by molar-refractivity contribution is -0.122. The van der Waals surface area contributed by atoms with Gasteiger partial charge >= 0.3 is 0 Å². The van der Waals surface area contributed by atoms with Gasteiger partial charge in [0.1, 0.15) is 5.25 Å². The highest BCUT2D eigenvalue weighted by molar-refractivity contribution is 8.15. The lowest BCUT2D eigenvalue weighted by atomic mass is 9.84. The summed E-state index contributed by atoms with van der Waals surface area (Å²) in [7, 11) is 0. The highest BCUT2D eigenvalue weighted by atomic mass is 32.2. The molecule has 2 aromatic rings. The van der Waals surface area contributed by atoms with E-state index in [2.05, 4.69) is 34.7 Å². The molecule has 0 radical (unpaired) electrons. The van der Waals surface area contributed by atoms with Crippen LogP contribution in [-0.4, -0.2) is 22.2 Å². The maximum Gasteiger partial charge on any atom is 0.240 e. The first kappa shape index (κ1) is 22.6. The third-order valence-electron chi connectivity index (χ3n) is 6.12. The minimum absolute atomic E-state index is 0.118. The summed E-state index contributed by atoms with van der Waals surface area (Å²) in [6.45, 7) is 2.14. The number of thioether (sulfide) groups is 1. The predicted octanol–water partition coefficient (Wildman–Crippen LogP) is 5.93. The van der Waals surface area contributed by atoms with Crippen molar-refractivity contribution in [3.05, 3.63) is 59.7 Å². The van der Waals surface area contributed by atoms with Gasteiger partial charge in [-0.15, -0.1) is 0 Å². The minimum atomic E-state index is -0.463. The average Bonchev–Trinajstić information content (AvgIpc) is 3.14. The number of amidine groups is 1. The number of rotatable bonds is 7. The number of aryl methyl sites for hydroxylation is 1. The SMILES string of the molecule is CCCc1ccc(NC(=O)C[C@@H]2SC(=Nc3ccc(C4CCCCC4)cc3)NC2=O)cc1. The summed E-state index contributed by atoms with van der Waals surface area (Å²) in [6.07, 6.45) is 8.76. The second kappa shape index (κ2) is 10.8. The molecule has 168 valence electrons. The summed E-state index contributed by atoms with van der Waals surface area (Å²) in [4.78, 5) is 29.4. The largest absolute Gasteiger partial charge is 0.326 e. The van der Waals surface area contributed by atoms with Crippen LogP contribution in [0.25, 0.3) is 0 Å². The van der Waals surface area contributed by atoms with Crippen LogP contribution in [0, 0.1) is 0 Å². The van der Waals surface area contributed by atoms with E-state index in [9.17, 15) is 9.59 Å². The molecule has 2 fully saturated rings. The summed E-state index contributed by atoms with van der Waals surface area (Å²) in [5, 5.41) is 5.80. The Morgan fingerprint density at radius 3 is 2.47 bits per heavy atom. The number of nitrogens with one attached hydrogen (secondary N) is 2. The molecular weight excluding hydrogens is 418 g/mol. The van der Waals surface area contributed by atoms with E-state index in [0.29, 0.717) is 11.1 Å². The zero-order valence-corrected chi connectivity index (χ0v) is 19.4. The zero-order valence-electron chi connectivity index (χ0n) is 18.6. The first-order valence-corrected chi connectivity index (χ1v) is 12.5. The van der Waals surface area contributed by atoms with E-state index in [0.717, 1.165) is 24.2 Å². The number of hydrogen-bond donors (Lipinski definition) is 2. The van der Waals surface area contributed by atoms with Crippen molar-refractivity contribution in [1.82, 2.24) is 5.32 Å². The maximum absolute atomic E-state index is 12.4. The fraction of sp³-hybridized carbons (Fsp3) is 0.423. The Labute approximate surface area is 194 Å². The normalized spacial score (nSPS) is 20.3. The van der Waals surface area contributed by atoms with Crippen molar-refractivity contribution >= 4 is 40.1 Å². The first-order chi connectivity index (χ1) is 15.6. The third-order valence-corrected chi connectivity index (χ3v) is 7.21. The molecule has 2 N–H and O–H groups in total. The smallest absolute Gasteiger partial charge is 0.240 e. The van der Waals surface area contributed by atoms with Gasteiger partial charge in [-0.25, -0.2) is 4.99 Å². The van der Waals surface area contributed by atoms with Gasteiger partial charge in [-0.2, -0.15) is 0 Å². The summed E-state index contributed by atoms with van der Waals surface area (Å²) in [5.74, 6) is 0.330. The molecule has 1 heterocycles. The lowest BCUT2D eigenvalue weighted by Crippen LogP contribution is -2.28. The Morgan fingerprint density at radius 2 is 1.78 bits per heavy atom. The Bertz CT molecular complexity index is 964. The molecule has 1 aliphatic carbocycles. The van der Waals surface area contributed by atoms with Crippen LogP contribution in [0.1, 0.15) is 68.9 Å². The second-order valence-electron chi connectivity index (χ2n) is 8.64. The number of nitrogens with zero attached hydrogens (tertiary/aromatic N) is 1. The van der Waals surface area contributed by atoms with Gasteiger partial charge in [0.05, 0.1) is 5.69 Å². The van der Waals surface area contributed by atoms with Crippen molar-refractivity contribution in [2.75, 3.05) is 5.32 Å². The Hall–Kier alpha value is -2.60. The molecule has 0 bridgehead atoms. The number of carbonyl (C=O) groups is 2. The van der Waals surface area contributed by atoms with Crippen LogP contribution in [0.3, 0.4) is 0 Å². The van der Waals surface area contributed by atoms with Crippen LogP contribution in [0.5, 0.6) is 0 Å². The fourth-order valence-electron chi connectivity index (χ4n) is 4.39. The fourth-order valence-corrected chi connectivity index (χ4v) is 5.38. The minimum Gasteiger partial charge on any atom is -0.326 e. The molecule has 0 aromatic heterocycles. The molecule has 32 heavy (non-hydrogen) atoms. The number of carbonyl (C=O) groups excluding carboxylic acids is 2. The molecule has 1 saturated heterocycles. The van der Waals surface area contributed by atoms with Crippen molar-refractivity contribution < 1.29 is 9.59 Å². The standard InChI is InChI=1S/C26H31N3O2S/c1-2-6-18-9-13-21(14-10-18)27-24(30)17-23-25(31)29-26(32-23)28-22-15-11-20(12-16-22)19-7-4-3-5-8-19/h9-16,19,23H,2-8,17H2,1H3,(H,27,30)(H,28,29,31)/t23-/m0/s1. The number of benzene rings is 2. The van der Waals surface area contributed by atoms with Crippen LogP contribution in [0.4, 0.5) is 11.4 Å². The molecular formula is C26H31N3O2S. The van der Waals surface area contributed by atoms with Gasteiger partial charge in [-0.05, 0) is 60.6 Å². The molecule has 4 rings (SSSR count). The van der Waals surface area contributed by atoms with Gasteiger partial charge in [-0.1, -0.05) is 68.6 Å². The molecule has 1 atom stereocenters. The summed E-state index contributed by atoms with van der Waals surface area (Å²) >= 11 is 1.32. The van der Waals surface area contributed by atoms with Crippen molar-refractivity contribution in [1.29, 1.82) is 0 Å². The van der Waals surface area contributed by atoms with Gasteiger partial charge in [0.2, 0.25) is 11.8 Å². The monoisotopic (exact) mass is 449 g/mol. The summed E-state index contributed by atoms with van der Waals surface area (Å²) < 4.78 is 0. The van der Waals surface area contributed by atoms with E-state index in [-0.39, 0.29) is 18.2 Å². The van der Waals surface area contributed by atoms with Gasteiger partial charge in [-0.3, -0.25) is 9.59 Å². The number of aliphatic imine (C=N–C) groups is 1. The summed E-state index contributed by atoms with van der Waals surface area (Å²) in [6, 6.07) is 16.2. The van der Waals surface area contributed by atoms with Crippen LogP contribution in [-0.2, 0) is 16.0 Å². The predicted molar refractivity (Wildman–Crippen MR) is 133 cm³/mol. The van der Waals surface area contributed by atoms with Crippen molar-refractivity contribution in [3.63, 3.8) is 0 Å². The molecule has 0 unspecified atom stereocenters. The number of hydrogen-bond acceptors (Lipinski definition) is 4. The highest BCUT2D eigenvalue weighted by Crippen LogP contribution is 2.33. The third kappa shape index (κ3) is 6.00. The van der Waals surface area contributed by atoms with Crippen LogP contribution in [0.2, 0.25) is 0 Å². The maximum atomic E-state index is 12.4. The molecule has 0 spiro atoms. The van der Waals surface area contributed by atoms with E-state index in [1.165, 1.54) is 55.0 Å². The molecule has 6 heteroatoms. The Balaban J connectivity index is 1.31. The quantitative estimate of drug-likeness (QED) is 0.550. The van der Waals surface area contributed by atoms with Gasteiger partial charge in [0, 0.05) is 12.1 Å². The number of anilines is 1. The van der Waals surface area contributed by atoms with Gasteiger partial charge in [0.25, 0.3) is 0 Å². The van der Waals surface area contributed by atoms with Gasteiger partial charge in [0.15, 0.2) is 5.17 Å². The van der Waals surface area contributed by atoms with Crippen molar-refractivity contribution in [2.45, 2.75) is 69.5 Å². The zero-order chi connectivity index (χ0) is 22.3. The van der Waals surface area contributed by atoms with Crippen LogP contribution in [0.15, 0.2) is 53.5 Å². The molecule has 2 aliphatic rings. The lowest BCUT2D eigenvalue weighted by Gasteiger charge is -2.21. The molecule has 1 saturated carbocycles. The number of amides is 2. The van der Waals surface area contributed by atoms with Crippen molar-refractivity contribution in [3.8, 4) is 0 Å². The average molecular weight is 450 g/mol.